The quantitative estimate of drug-likeness (QED) is 0.276. The number of aliphatic hydroxyl groups excluding tert-OH is 1. The van der Waals surface area contributed by atoms with E-state index in [1.54, 1.807) is 0 Å². The number of aliphatic imine (C=N–C) groups is 1. The van der Waals surface area contributed by atoms with Crippen molar-refractivity contribution < 1.29 is 9.90 Å². The summed E-state index contributed by atoms with van der Waals surface area (Å²) >= 11 is 0. The van der Waals surface area contributed by atoms with Gasteiger partial charge in [0.15, 0.2) is 5.96 Å². The molecular formula is C18H37IN4O2. The number of hydrogen-bond acceptors (Lipinski definition) is 3. The lowest BCUT2D eigenvalue weighted by Crippen LogP contribution is -2.44. The van der Waals surface area contributed by atoms with Crippen LogP contribution in [0.3, 0.4) is 0 Å². The molecule has 1 rings (SSSR count). The van der Waals surface area contributed by atoms with E-state index < -0.39 is 0 Å². The molecule has 1 fully saturated rings. The van der Waals surface area contributed by atoms with Gasteiger partial charge in [-0.05, 0) is 50.9 Å². The normalized spacial score (nSPS) is 15.5. The summed E-state index contributed by atoms with van der Waals surface area (Å²) in [6.45, 7) is 9.97. The number of amides is 1. The highest BCUT2D eigenvalue weighted by molar-refractivity contribution is 14.0. The Hall–Kier alpha value is -0.570. The molecule has 1 saturated heterocycles. The number of likely N-dealkylation sites (tertiary alicyclic amines) is 1. The van der Waals surface area contributed by atoms with Crippen molar-refractivity contribution in [2.75, 3.05) is 39.3 Å². The highest BCUT2D eigenvalue weighted by Gasteiger charge is 2.25. The summed E-state index contributed by atoms with van der Waals surface area (Å²) in [5.74, 6) is 0.798. The van der Waals surface area contributed by atoms with Crippen LogP contribution >= 0.6 is 24.0 Å². The predicted octanol–water partition coefficient (Wildman–Crippen LogP) is 2.36. The summed E-state index contributed by atoms with van der Waals surface area (Å²) in [4.78, 5) is 18.6. The van der Waals surface area contributed by atoms with Gasteiger partial charge in [0.25, 0.3) is 0 Å². The zero-order valence-corrected chi connectivity index (χ0v) is 18.5. The van der Waals surface area contributed by atoms with E-state index in [0.717, 1.165) is 58.3 Å². The van der Waals surface area contributed by atoms with Gasteiger partial charge >= 0.3 is 0 Å². The van der Waals surface area contributed by atoms with E-state index in [9.17, 15) is 9.90 Å². The van der Waals surface area contributed by atoms with Crippen LogP contribution in [-0.4, -0.2) is 61.2 Å². The first kappa shape index (κ1) is 24.4. The summed E-state index contributed by atoms with van der Waals surface area (Å²) in [6.07, 6.45) is 6.21. The molecule has 1 aliphatic heterocycles. The van der Waals surface area contributed by atoms with Crippen molar-refractivity contribution in [3.8, 4) is 0 Å². The molecule has 1 heterocycles. The molecule has 0 bridgehead atoms. The Morgan fingerprint density at radius 3 is 2.28 bits per heavy atom. The van der Waals surface area contributed by atoms with Crippen molar-refractivity contribution in [2.24, 2.45) is 10.4 Å². The van der Waals surface area contributed by atoms with Gasteiger partial charge < -0.3 is 20.6 Å². The standard InChI is InChI=1S/C18H36N4O2.HI/c1-4-18(5-2,10-13-23)15-21-17(19-6-3)20-14-16(24)22-11-8-7-9-12-22;/h23H,4-15H2,1-3H3,(H2,19,20,21);1H. The maximum atomic E-state index is 12.3. The molecule has 25 heavy (non-hydrogen) atoms. The van der Waals surface area contributed by atoms with E-state index in [1.165, 1.54) is 6.42 Å². The molecule has 6 nitrogen and oxygen atoms in total. The fourth-order valence-corrected chi connectivity index (χ4v) is 3.18. The average Bonchev–Trinajstić information content (AvgIpc) is 2.63. The molecule has 0 spiro atoms. The number of carbonyl (C=O) groups excluding carboxylic acids is 1. The Morgan fingerprint density at radius 1 is 1.12 bits per heavy atom. The molecule has 0 saturated carbocycles. The van der Waals surface area contributed by atoms with E-state index >= 15 is 0 Å². The van der Waals surface area contributed by atoms with Crippen molar-refractivity contribution >= 4 is 35.8 Å². The van der Waals surface area contributed by atoms with Crippen molar-refractivity contribution in [1.29, 1.82) is 0 Å². The molecule has 3 N–H and O–H groups in total. The minimum Gasteiger partial charge on any atom is -0.396 e. The SMILES string of the molecule is CCNC(=NCC(=O)N1CCCCC1)NCC(CC)(CC)CCO.I. The van der Waals surface area contributed by atoms with Crippen LogP contribution in [0, 0.1) is 5.41 Å². The fourth-order valence-electron chi connectivity index (χ4n) is 3.18. The number of rotatable bonds is 9. The second kappa shape index (κ2) is 13.6. The van der Waals surface area contributed by atoms with Crippen LogP contribution in [0.4, 0.5) is 0 Å². The Kier molecular flexibility index (Phi) is 13.3. The zero-order chi connectivity index (χ0) is 17.8. The minimum atomic E-state index is 0. The second-order valence-corrected chi connectivity index (χ2v) is 6.67. The number of hydrogen-bond donors (Lipinski definition) is 3. The zero-order valence-electron chi connectivity index (χ0n) is 16.1. The molecule has 0 unspecified atom stereocenters. The van der Waals surface area contributed by atoms with E-state index in [-0.39, 0.29) is 48.5 Å². The van der Waals surface area contributed by atoms with E-state index in [2.05, 4.69) is 29.5 Å². The Bertz CT molecular complexity index is 395. The van der Waals surface area contributed by atoms with Crippen LogP contribution in [0.5, 0.6) is 0 Å². The largest absolute Gasteiger partial charge is 0.396 e. The number of nitrogens with one attached hydrogen (secondary N) is 2. The van der Waals surface area contributed by atoms with Crippen LogP contribution < -0.4 is 10.6 Å². The predicted molar refractivity (Wildman–Crippen MR) is 115 cm³/mol. The molecule has 0 aliphatic carbocycles. The lowest BCUT2D eigenvalue weighted by atomic mass is 9.79. The Labute approximate surface area is 170 Å². The third-order valence-electron chi connectivity index (χ3n) is 5.20. The van der Waals surface area contributed by atoms with Crippen molar-refractivity contribution in [3.63, 3.8) is 0 Å². The molecule has 0 aromatic carbocycles. The van der Waals surface area contributed by atoms with Crippen molar-refractivity contribution in [1.82, 2.24) is 15.5 Å². The number of aliphatic hydroxyl groups is 1. The van der Waals surface area contributed by atoms with Gasteiger partial charge in [-0.25, -0.2) is 4.99 Å². The molecule has 7 heteroatoms. The number of piperidine rings is 1. The Balaban J connectivity index is 0.00000576. The van der Waals surface area contributed by atoms with Crippen LogP contribution in [0.1, 0.15) is 59.3 Å². The highest BCUT2D eigenvalue weighted by atomic mass is 127. The molecule has 0 atom stereocenters. The van der Waals surface area contributed by atoms with Crippen molar-refractivity contribution in [2.45, 2.75) is 59.3 Å². The first-order valence-electron chi connectivity index (χ1n) is 9.51. The number of guanidine groups is 1. The van der Waals surface area contributed by atoms with E-state index in [4.69, 9.17) is 0 Å². The summed E-state index contributed by atoms with van der Waals surface area (Å²) in [6, 6.07) is 0. The van der Waals surface area contributed by atoms with E-state index in [0.29, 0.717) is 5.96 Å². The maximum Gasteiger partial charge on any atom is 0.244 e. The van der Waals surface area contributed by atoms with Crippen LogP contribution in [0.2, 0.25) is 0 Å². The van der Waals surface area contributed by atoms with Gasteiger partial charge in [0.1, 0.15) is 6.54 Å². The third kappa shape index (κ3) is 8.57. The molecule has 1 aliphatic rings. The third-order valence-corrected chi connectivity index (χ3v) is 5.20. The maximum absolute atomic E-state index is 12.3. The van der Waals surface area contributed by atoms with Gasteiger partial charge in [0.2, 0.25) is 5.91 Å². The van der Waals surface area contributed by atoms with Gasteiger partial charge in [-0.15, -0.1) is 24.0 Å². The summed E-state index contributed by atoms with van der Waals surface area (Å²) in [7, 11) is 0. The molecular weight excluding hydrogens is 431 g/mol. The molecule has 148 valence electrons. The molecule has 1 amide bonds. The van der Waals surface area contributed by atoms with Crippen molar-refractivity contribution in [3.05, 3.63) is 0 Å². The van der Waals surface area contributed by atoms with Gasteiger partial charge in [0, 0.05) is 32.8 Å². The highest BCUT2D eigenvalue weighted by Crippen LogP contribution is 2.29. The van der Waals surface area contributed by atoms with Gasteiger partial charge in [0.05, 0.1) is 0 Å². The lowest BCUT2D eigenvalue weighted by Gasteiger charge is -2.32. The van der Waals surface area contributed by atoms with Gasteiger partial charge in [-0.2, -0.15) is 0 Å². The van der Waals surface area contributed by atoms with Gasteiger partial charge in [-0.3, -0.25) is 4.79 Å². The topological polar surface area (TPSA) is 77.0 Å². The van der Waals surface area contributed by atoms with Crippen LogP contribution in [0.25, 0.3) is 0 Å². The van der Waals surface area contributed by atoms with Gasteiger partial charge in [-0.1, -0.05) is 13.8 Å². The molecule has 0 aromatic heterocycles. The second-order valence-electron chi connectivity index (χ2n) is 6.67. The lowest BCUT2D eigenvalue weighted by molar-refractivity contribution is -0.130. The summed E-state index contributed by atoms with van der Waals surface area (Å²) < 4.78 is 0. The summed E-state index contributed by atoms with van der Waals surface area (Å²) in [5.41, 5.74) is 0.0713. The minimum absolute atomic E-state index is 0. The molecule has 0 radical (unpaired) electrons. The average molecular weight is 468 g/mol. The fraction of sp³-hybridized carbons (Fsp3) is 0.889. The smallest absolute Gasteiger partial charge is 0.244 e. The Morgan fingerprint density at radius 2 is 1.76 bits per heavy atom. The van der Waals surface area contributed by atoms with Crippen LogP contribution in [-0.2, 0) is 4.79 Å². The summed E-state index contributed by atoms with van der Waals surface area (Å²) in [5, 5.41) is 15.9. The first-order chi connectivity index (χ1) is 11.6. The number of carbonyl (C=O) groups is 1. The first-order valence-corrected chi connectivity index (χ1v) is 9.51. The number of nitrogens with zero attached hydrogens (tertiary/aromatic N) is 2. The monoisotopic (exact) mass is 468 g/mol. The van der Waals surface area contributed by atoms with E-state index in [1.807, 2.05) is 11.8 Å². The van der Waals surface area contributed by atoms with Crippen LogP contribution in [0.15, 0.2) is 4.99 Å². The number of halogens is 1. The molecule has 0 aromatic rings.